The molecule has 1 amide bonds. The number of carbonyl (C=O) groups is 1. The number of benzene rings is 2. The second-order valence-electron chi connectivity index (χ2n) is 7.74. The summed E-state index contributed by atoms with van der Waals surface area (Å²) >= 11 is 0. The molecular formula is C24H23FN4O. The van der Waals surface area contributed by atoms with Crippen LogP contribution in [0, 0.1) is 5.82 Å². The number of carbonyl (C=O) groups excluding carboxylic acids is 1. The van der Waals surface area contributed by atoms with E-state index in [1.807, 2.05) is 38.1 Å². The number of hydrogen-bond acceptors (Lipinski definition) is 4. The summed E-state index contributed by atoms with van der Waals surface area (Å²) in [5.41, 5.74) is 12.9. The number of nitrogens with two attached hydrogens (primary N) is 1. The van der Waals surface area contributed by atoms with E-state index in [2.05, 4.69) is 5.32 Å². The molecule has 0 saturated carbocycles. The van der Waals surface area contributed by atoms with Gasteiger partial charge in [-0.2, -0.15) is 0 Å². The Balaban J connectivity index is 1.68. The van der Waals surface area contributed by atoms with Crippen LogP contribution in [0.2, 0.25) is 0 Å². The Labute approximate surface area is 174 Å². The molecule has 1 aromatic heterocycles. The van der Waals surface area contributed by atoms with Crippen LogP contribution >= 0.6 is 0 Å². The molecule has 0 bridgehead atoms. The standard InChI is InChI=1S/C24H23FN4O/c1-14(2)11-21-24(29-22(30)12-15-3-6-17(25)7-4-15)28-20-10-5-16-13-18(26)8-9-19(16)23(20)27-21/h3-4,6-9,11,13H,5,10,12,26H2,1-2H3,(H,28,29,30). The largest absolute Gasteiger partial charge is 0.399 e. The van der Waals surface area contributed by atoms with E-state index in [0.29, 0.717) is 11.5 Å². The first kappa shape index (κ1) is 19.8. The minimum atomic E-state index is -0.326. The van der Waals surface area contributed by atoms with Gasteiger partial charge in [0.25, 0.3) is 0 Å². The lowest BCUT2D eigenvalue weighted by Gasteiger charge is -2.20. The van der Waals surface area contributed by atoms with Crippen molar-refractivity contribution in [2.75, 3.05) is 11.1 Å². The fourth-order valence-corrected chi connectivity index (χ4v) is 3.61. The van der Waals surface area contributed by atoms with E-state index in [-0.39, 0.29) is 18.1 Å². The molecule has 30 heavy (non-hydrogen) atoms. The summed E-state index contributed by atoms with van der Waals surface area (Å²) in [5.74, 6) is -0.100. The molecular weight excluding hydrogens is 379 g/mol. The van der Waals surface area contributed by atoms with Crippen LogP contribution in [0.15, 0.2) is 48.0 Å². The number of amides is 1. The van der Waals surface area contributed by atoms with Crippen molar-refractivity contribution in [1.29, 1.82) is 0 Å². The van der Waals surface area contributed by atoms with E-state index in [1.54, 1.807) is 12.1 Å². The molecule has 0 spiro atoms. The molecule has 4 rings (SSSR count). The zero-order valence-electron chi connectivity index (χ0n) is 17.0. The van der Waals surface area contributed by atoms with E-state index in [9.17, 15) is 9.18 Å². The van der Waals surface area contributed by atoms with E-state index in [1.165, 1.54) is 12.1 Å². The summed E-state index contributed by atoms with van der Waals surface area (Å²) in [6.45, 7) is 3.94. The summed E-state index contributed by atoms with van der Waals surface area (Å²) < 4.78 is 13.1. The molecule has 5 nitrogen and oxygen atoms in total. The Morgan fingerprint density at radius 2 is 1.90 bits per heavy atom. The normalized spacial score (nSPS) is 12.0. The summed E-state index contributed by atoms with van der Waals surface area (Å²) in [6.07, 6.45) is 3.60. The van der Waals surface area contributed by atoms with Crippen molar-refractivity contribution >= 4 is 23.5 Å². The minimum absolute atomic E-state index is 0.134. The van der Waals surface area contributed by atoms with Crippen molar-refractivity contribution < 1.29 is 9.18 Å². The smallest absolute Gasteiger partial charge is 0.230 e. The lowest BCUT2D eigenvalue weighted by atomic mass is 9.91. The number of rotatable bonds is 4. The number of aromatic nitrogens is 2. The summed E-state index contributed by atoms with van der Waals surface area (Å²) in [5, 5.41) is 2.89. The molecule has 0 saturated heterocycles. The third-order valence-electron chi connectivity index (χ3n) is 4.97. The number of nitrogen functional groups attached to an aromatic ring is 1. The molecule has 0 aliphatic heterocycles. The Kier molecular flexibility index (Phi) is 5.31. The lowest BCUT2D eigenvalue weighted by Crippen LogP contribution is -2.19. The molecule has 0 fully saturated rings. The minimum Gasteiger partial charge on any atom is -0.399 e. The fraction of sp³-hybridized carbons (Fsp3) is 0.208. The highest BCUT2D eigenvalue weighted by molar-refractivity contribution is 5.93. The topological polar surface area (TPSA) is 80.9 Å². The lowest BCUT2D eigenvalue weighted by molar-refractivity contribution is -0.115. The van der Waals surface area contributed by atoms with Gasteiger partial charge in [-0.1, -0.05) is 23.8 Å². The number of nitrogens with zero attached hydrogens (tertiary/aromatic N) is 2. The highest BCUT2D eigenvalue weighted by Gasteiger charge is 2.22. The fourth-order valence-electron chi connectivity index (χ4n) is 3.61. The van der Waals surface area contributed by atoms with Crippen LogP contribution in [-0.2, 0) is 24.1 Å². The number of allylic oxidation sites excluding steroid dienone is 1. The number of fused-ring (bicyclic) bond motifs is 3. The van der Waals surface area contributed by atoms with Crippen LogP contribution in [0.3, 0.4) is 0 Å². The average molecular weight is 402 g/mol. The molecule has 1 aliphatic carbocycles. The number of aryl methyl sites for hydroxylation is 2. The third-order valence-corrected chi connectivity index (χ3v) is 4.97. The molecule has 1 aliphatic rings. The molecule has 152 valence electrons. The monoisotopic (exact) mass is 402 g/mol. The number of hydrogen-bond donors (Lipinski definition) is 2. The van der Waals surface area contributed by atoms with Crippen LogP contribution in [0.25, 0.3) is 17.3 Å². The van der Waals surface area contributed by atoms with Crippen molar-refractivity contribution in [2.24, 2.45) is 0 Å². The quantitative estimate of drug-likeness (QED) is 0.627. The molecule has 3 N–H and O–H groups in total. The van der Waals surface area contributed by atoms with Gasteiger partial charge in [-0.15, -0.1) is 0 Å². The van der Waals surface area contributed by atoms with Crippen molar-refractivity contribution in [3.8, 4) is 11.3 Å². The molecule has 0 radical (unpaired) electrons. The van der Waals surface area contributed by atoms with Gasteiger partial charge < -0.3 is 11.1 Å². The number of nitrogens with one attached hydrogen (secondary N) is 1. The van der Waals surface area contributed by atoms with Crippen LogP contribution in [-0.4, -0.2) is 15.9 Å². The second-order valence-corrected chi connectivity index (χ2v) is 7.74. The Morgan fingerprint density at radius 1 is 1.13 bits per heavy atom. The van der Waals surface area contributed by atoms with Crippen molar-refractivity contribution in [1.82, 2.24) is 9.97 Å². The van der Waals surface area contributed by atoms with E-state index in [0.717, 1.165) is 52.2 Å². The zero-order chi connectivity index (χ0) is 21.3. The summed E-state index contributed by atoms with van der Waals surface area (Å²) in [4.78, 5) is 22.2. The molecule has 0 atom stereocenters. The molecule has 2 aromatic carbocycles. The number of anilines is 2. The van der Waals surface area contributed by atoms with Crippen LogP contribution in [0.5, 0.6) is 0 Å². The van der Waals surface area contributed by atoms with Gasteiger partial charge in [-0.3, -0.25) is 4.79 Å². The molecule has 3 aromatic rings. The first-order valence-electron chi connectivity index (χ1n) is 9.88. The maximum atomic E-state index is 13.1. The van der Waals surface area contributed by atoms with Crippen molar-refractivity contribution in [3.63, 3.8) is 0 Å². The van der Waals surface area contributed by atoms with Gasteiger partial charge in [0.05, 0.1) is 17.8 Å². The Hall–Kier alpha value is -3.54. The van der Waals surface area contributed by atoms with Gasteiger partial charge in [0.15, 0.2) is 5.82 Å². The van der Waals surface area contributed by atoms with E-state index < -0.39 is 0 Å². The SMILES string of the molecule is CC(C)=Cc1nc2c(nc1NC(=O)Cc1ccc(F)cc1)CCc1cc(N)ccc1-2. The van der Waals surface area contributed by atoms with Gasteiger partial charge in [-0.05, 0) is 68.2 Å². The van der Waals surface area contributed by atoms with Gasteiger partial charge in [-0.25, -0.2) is 14.4 Å². The predicted octanol–water partition coefficient (Wildman–Crippen LogP) is 4.57. The predicted molar refractivity (Wildman–Crippen MR) is 117 cm³/mol. The second kappa shape index (κ2) is 8.06. The van der Waals surface area contributed by atoms with Crippen LogP contribution < -0.4 is 11.1 Å². The summed E-state index contributed by atoms with van der Waals surface area (Å²) in [6, 6.07) is 11.7. The van der Waals surface area contributed by atoms with Gasteiger partial charge in [0.2, 0.25) is 5.91 Å². The molecule has 6 heteroatoms. The maximum Gasteiger partial charge on any atom is 0.230 e. The van der Waals surface area contributed by atoms with E-state index >= 15 is 0 Å². The first-order valence-corrected chi connectivity index (χ1v) is 9.88. The Morgan fingerprint density at radius 3 is 2.63 bits per heavy atom. The van der Waals surface area contributed by atoms with Gasteiger partial charge in [0, 0.05) is 11.3 Å². The van der Waals surface area contributed by atoms with Gasteiger partial charge in [0.1, 0.15) is 11.5 Å². The zero-order valence-corrected chi connectivity index (χ0v) is 17.0. The van der Waals surface area contributed by atoms with Gasteiger partial charge >= 0.3 is 0 Å². The molecule has 1 heterocycles. The highest BCUT2D eigenvalue weighted by Crippen LogP contribution is 2.34. The third kappa shape index (κ3) is 4.22. The number of halogens is 1. The van der Waals surface area contributed by atoms with Crippen LogP contribution in [0.1, 0.15) is 36.4 Å². The summed E-state index contributed by atoms with van der Waals surface area (Å²) in [7, 11) is 0. The highest BCUT2D eigenvalue weighted by atomic mass is 19.1. The first-order chi connectivity index (χ1) is 14.4. The average Bonchev–Trinajstić information content (AvgIpc) is 2.69. The Bertz CT molecular complexity index is 1150. The molecule has 0 unspecified atom stereocenters. The van der Waals surface area contributed by atoms with Crippen molar-refractivity contribution in [2.45, 2.75) is 33.1 Å². The van der Waals surface area contributed by atoms with Crippen LogP contribution in [0.4, 0.5) is 15.9 Å². The van der Waals surface area contributed by atoms with E-state index in [4.69, 9.17) is 15.7 Å². The maximum absolute atomic E-state index is 13.1. The van der Waals surface area contributed by atoms with Crippen molar-refractivity contribution in [3.05, 3.63) is 76.4 Å².